The first-order valence-corrected chi connectivity index (χ1v) is 9.92. The second kappa shape index (κ2) is 15.0. The Morgan fingerprint density at radius 3 is 1.36 bits per heavy atom. The Balaban J connectivity index is -0.000000432. The zero-order valence-corrected chi connectivity index (χ0v) is 19.5. The Morgan fingerprint density at radius 2 is 1.04 bits per heavy atom. The molecule has 0 radical (unpaired) electrons. The summed E-state index contributed by atoms with van der Waals surface area (Å²) in [6, 6.07) is 0. The smallest absolute Gasteiger partial charge is 0.234 e. The van der Waals surface area contributed by atoms with E-state index in [1.54, 1.807) is 6.08 Å². The van der Waals surface area contributed by atoms with Crippen molar-refractivity contribution in [1.29, 1.82) is 0 Å². The van der Waals surface area contributed by atoms with E-state index < -0.39 is 36.5 Å². The van der Waals surface area contributed by atoms with E-state index in [1.165, 1.54) is 0 Å². The number of hydrogen-bond donors (Lipinski definition) is 0. The minimum atomic E-state index is -4.75. The van der Waals surface area contributed by atoms with Crippen molar-refractivity contribution >= 4 is 32.9 Å². The van der Waals surface area contributed by atoms with E-state index in [2.05, 4.69) is 22.5 Å². The molecule has 2 unspecified atom stereocenters. The highest BCUT2D eigenvalue weighted by Crippen LogP contribution is 2.38. The van der Waals surface area contributed by atoms with Crippen LogP contribution in [0.25, 0.3) is 0 Å². The van der Waals surface area contributed by atoms with Crippen LogP contribution >= 0.6 is 32.9 Å². The van der Waals surface area contributed by atoms with Crippen molar-refractivity contribution < 1.29 is 35.1 Å². The standard InChI is InChI=1S/C9H15BrF4.C9H14F4.BrH/c1-8(11,9(12,13)14)6-4-2-3-5-7-10;1-3-4-5-6-7-8(2,10)9(11,12)13;/h2-7H2,1H3;3H,1,4-7H2,2H3;1H. The first kappa shape index (κ1) is 32.8. The highest BCUT2D eigenvalue weighted by Gasteiger charge is 2.51. The molecule has 2 atom stereocenters. The van der Waals surface area contributed by atoms with Crippen LogP contribution in [0.1, 0.15) is 71.6 Å². The Kier molecular flexibility index (Phi) is 17.6. The second-order valence-corrected chi connectivity index (χ2v) is 7.57. The van der Waals surface area contributed by atoms with E-state index >= 15 is 0 Å². The summed E-state index contributed by atoms with van der Waals surface area (Å²) in [6.07, 6.45) is -4.63. The Hall–Kier alpha value is 0.140. The fourth-order valence-corrected chi connectivity index (χ4v) is 2.33. The van der Waals surface area contributed by atoms with Gasteiger partial charge in [-0.25, -0.2) is 8.78 Å². The van der Waals surface area contributed by atoms with Crippen LogP contribution in [0.4, 0.5) is 35.1 Å². The van der Waals surface area contributed by atoms with Crippen LogP contribution in [0, 0.1) is 0 Å². The monoisotopic (exact) mass is 556 g/mol. The summed E-state index contributed by atoms with van der Waals surface area (Å²) >= 11 is 3.22. The van der Waals surface area contributed by atoms with Gasteiger partial charge >= 0.3 is 12.4 Å². The molecule has 0 aromatic rings. The molecule has 0 heterocycles. The lowest BCUT2D eigenvalue weighted by atomic mass is 9.99. The number of alkyl halides is 9. The molecule has 0 nitrogen and oxygen atoms in total. The molecule has 0 N–H and O–H groups in total. The molecule has 0 spiro atoms. The molecular weight excluding hydrogens is 528 g/mol. The molecule has 0 aromatic heterocycles. The predicted molar refractivity (Wildman–Crippen MR) is 107 cm³/mol. The molecule has 0 saturated heterocycles. The first-order valence-electron chi connectivity index (χ1n) is 8.80. The lowest BCUT2D eigenvalue weighted by molar-refractivity contribution is -0.226. The number of hydrogen-bond acceptors (Lipinski definition) is 0. The molecule has 0 rings (SSSR count). The van der Waals surface area contributed by atoms with Crippen LogP contribution in [-0.2, 0) is 0 Å². The maximum atomic E-state index is 13.0. The van der Waals surface area contributed by atoms with Crippen molar-refractivity contribution in [2.45, 2.75) is 95.3 Å². The molecule has 28 heavy (non-hydrogen) atoms. The molecule has 0 aromatic carbocycles. The normalized spacial score (nSPS) is 16.1. The lowest BCUT2D eigenvalue weighted by Gasteiger charge is -2.23. The van der Waals surface area contributed by atoms with E-state index in [1.807, 2.05) is 0 Å². The maximum Gasteiger partial charge on any atom is 0.422 e. The second-order valence-electron chi connectivity index (χ2n) is 6.78. The van der Waals surface area contributed by atoms with E-state index in [0.29, 0.717) is 39.5 Å². The van der Waals surface area contributed by atoms with E-state index in [-0.39, 0.29) is 23.4 Å². The van der Waals surface area contributed by atoms with Crippen molar-refractivity contribution in [2.24, 2.45) is 0 Å². The summed E-state index contributed by atoms with van der Waals surface area (Å²) in [6.45, 7) is 4.62. The number of allylic oxidation sites excluding steroid dienone is 1. The predicted octanol–water partition coefficient (Wildman–Crippen LogP) is 9.22. The highest BCUT2D eigenvalue weighted by atomic mass is 79.9. The molecule has 0 aliphatic heterocycles. The van der Waals surface area contributed by atoms with Gasteiger partial charge in [-0.3, -0.25) is 0 Å². The molecule has 0 bridgehead atoms. The lowest BCUT2D eigenvalue weighted by Crippen LogP contribution is -2.37. The van der Waals surface area contributed by atoms with Crippen LogP contribution in [-0.4, -0.2) is 29.0 Å². The molecule has 0 fully saturated rings. The van der Waals surface area contributed by atoms with E-state index in [9.17, 15) is 35.1 Å². The summed E-state index contributed by atoms with van der Waals surface area (Å²) in [7, 11) is 0. The minimum absolute atomic E-state index is 0. The van der Waals surface area contributed by atoms with Gasteiger partial charge < -0.3 is 0 Å². The zero-order valence-electron chi connectivity index (χ0n) is 16.2. The first-order chi connectivity index (χ1) is 12.1. The maximum absolute atomic E-state index is 13.0. The van der Waals surface area contributed by atoms with Gasteiger partial charge in [-0.05, 0) is 58.8 Å². The van der Waals surface area contributed by atoms with E-state index in [4.69, 9.17) is 0 Å². The zero-order chi connectivity index (χ0) is 21.8. The van der Waals surface area contributed by atoms with Gasteiger partial charge in [0.1, 0.15) is 0 Å². The topological polar surface area (TPSA) is 0 Å². The van der Waals surface area contributed by atoms with Crippen LogP contribution < -0.4 is 0 Å². The van der Waals surface area contributed by atoms with Gasteiger partial charge in [-0.1, -0.05) is 34.8 Å². The van der Waals surface area contributed by atoms with Gasteiger partial charge in [0.15, 0.2) is 0 Å². The fraction of sp³-hybridized carbons (Fsp3) is 0.889. The van der Waals surface area contributed by atoms with Gasteiger partial charge in [0, 0.05) is 5.33 Å². The summed E-state index contributed by atoms with van der Waals surface area (Å²) < 4.78 is 97.8. The molecule has 172 valence electrons. The number of halogens is 10. The molecule has 0 aliphatic carbocycles. The molecular formula is C18H30Br2F8. The molecule has 0 amide bonds. The SMILES string of the molecule is Br.C=CCCCCC(C)(F)C(F)(F)F.CC(F)(CCCCCCBr)C(F)(F)F. The summed E-state index contributed by atoms with van der Waals surface area (Å²) in [5.41, 5.74) is -6.07. The summed E-state index contributed by atoms with van der Waals surface area (Å²) in [4.78, 5) is 0. The third-order valence-corrected chi connectivity index (χ3v) is 4.58. The van der Waals surface area contributed by atoms with Crippen molar-refractivity contribution in [3.63, 3.8) is 0 Å². The van der Waals surface area contributed by atoms with E-state index in [0.717, 1.165) is 18.2 Å². The Labute approximate surface area is 181 Å². The van der Waals surface area contributed by atoms with Crippen LogP contribution in [0.15, 0.2) is 12.7 Å². The molecule has 0 aliphatic rings. The Bertz CT molecular complexity index is 390. The van der Waals surface area contributed by atoms with Crippen molar-refractivity contribution in [2.75, 3.05) is 5.33 Å². The quantitative estimate of drug-likeness (QED) is 0.103. The van der Waals surface area contributed by atoms with Gasteiger partial charge in [0.2, 0.25) is 11.3 Å². The average Bonchev–Trinajstić information content (AvgIpc) is 2.50. The number of unbranched alkanes of at least 4 members (excludes halogenated alkanes) is 5. The third-order valence-electron chi connectivity index (χ3n) is 4.02. The fourth-order valence-electron chi connectivity index (χ4n) is 1.93. The van der Waals surface area contributed by atoms with Crippen molar-refractivity contribution in [3.8, 4) is 0 Å². The van der Waals surface area contributed by atoms with Gasteiger partial charge in [-0.15, -0.1) is 23.6 Å². The van der Waals surface area contributed by atoms with Gasteiger partial charge in [0.25, 0.3) is 0 Å². The molecule has 0 saturated carbocycles. The largest absolute Gasteiger partial charge is 0.422 e. The van der Waals surface area contributed by atoms with Crippen molar-refractivity contribution in [1.82, 2.24) is 0 Å². The van der Waals surface area contributed by atoms with Crippen LogP contribution in [0.2, 0.25) is 0 Å². The summed E-state index contributed by atoms with van der Waals surface area (Å²) in [5.74, 6) is 0. The van der Waals surface area contributed by atoms with Crippen LogP contribution in [0.5, 0.6) is 0 Å². The minimum Gasteiger partial charge on any atom is -0.234 e. The Morgan fingerprint density at radius 1 is 0.679 bits per heavy atom. The number of rotatable bonds is 11. The van der Waals surface area contributed by atoms with Crippen LogP contribution in [0.3, 0.4) is 0 Å². The third kappa shape index (κ3) is 15.0. The average molecular weight is 558 g/mol. The highest BCUT2D eigenvalue weighted by molar-refractivity contribution is 9.09. The summed E-state index contributed by atoms with van der Waals surface area (Å²) in [5, 5.41) is 0.846. The van der Waals surface area contributed by atoms with Gasteiger partial charge in [0.05, 0.1) is 0 Å². The van der Waals surface area contributed by atoms with Crippen molar-refractivity contribution in [3.05, 3.63) is 12.7 Å². The molecule has 10 heteroatoms. The van der Waals surface area contributed by atoms with Gasteiger partial charge in [-0.2, -0.15) is 26.3 Å².